The second kappa shape index (κ2) is 4.41. The summed E-state index contributed by atoms with van der Waals surface area (Å²) in [6.07, 6.45) is 0.983. The molecule has 0 aliphatic rings. The fourth-order valence-corrected chi connectivity index (χ4v) is 1.20. The number of pyridine rings is 1. The zero-order valence-electron chi connectivity index (χ0n) is 8.22. The van der Waals surface area contributed by atoms with Gasteiger partial charge in [-0.3, -0.25) is 0 Å². The van der Waals surface area contributed by atoms with Crippen molar-refractivity contribution >= 4 is 0 Å². The highest BCUT2D eigenvalue weighted by Gasteiger charge is 2.07. The van der Waals surface area contributed by atoms with Crippen LogP contribution in [-0.2, 0) is 0 Å². The minimum absolute atomic E-state index is 0.0604. The van der Waals surface area contributed by atoms with Gasteiger partial charge in [-0.25, -0.2) is 9.37 Å². The number of halogens is 1. The van der Waals surface area contributed by atoms with Crippen molar-refractivity contribution in [1.29, 1.82) is 5.26 Å². The quantitative estimate of drug-likeness (QED) is 0.772. The normalized spacial score (nSPS) is 9.50. The Bertz CT molecular complexity index is 534. The van der Waals surface area contributed by atoms with E-state index in [1.807, 2.05) is 12.1 Å². The first-order chi connectivity index (χ1) is 7.79. The van der Waals surface area contributed by atoms with Crippen molar-refractivity contribution in [1.82, 2.24) is 4.98 Å². The molecule has 16 heavy (non-hydrogen) atoms. The van der Waals surface area contributed by atoms with Crippen LogP contribution in [0, 0.1) is 17.1 Å². The van der Waals surface area contributed by atoms with Gasteiger partial charge in [0.15, 0.2) is 11.4 Å². The molecule has 2 aromatic rings. The summed E-state index contributed by atoms with van der Waals surface area (Å²) in [4.78, 5) is 3.63. The van der Waals surface area contributed by atoms with Gasteiger partial charge in [0.2, 0.25) is 0 Å². The lowest BCUT2D eigenvalue weighted by Gasteiger charge is -2.05. The molecule has 0 atom stereocenters. The summed E-state index contributed by atoms with van der Waals surface area (Å²) in [5.74, 6) is 0.116. The number of aromatic nitrogens is 1. The molecule has 0 fully saturated rings. The van der Waals surface area contributed by atoms with Gasteiger partial charge in [0.1, 0.15) is 17.6 Å². The maximum absolute atomic E-state index is 12.9. The highest BCUT2D eigenvalue weighted by atomic mass is 19.1. The number of hydrogen-bond acceptors (Lipinski definition) is 3. The highest BCUT2D eigenvalue weighted by molar-refractivity contribution is 5.40. The first-order valence-electron chi connectivity index (χ1n) is 4.58. The Morgan fingerprint density at radius 2 is 2.00 bits per heavy atom. The smallest absolute Gasteiger partial charge is 0.183 e. The molecule has 0 bridgehead atoms. The largest absolute Gasteiger partial charge is 0.454 e. The molecule has 0 N–H and O–H groups in total. The van der Waals surface area contributed by atoms with E-state index in [-0.39, 0.29) is 11.4 Å². The van der Waals surface area contributed by atoms with E-state index in [2.05, 4.69) is 4.98 Å². The second-order valence-electron chi connectivity index (χ2n) is 3.03. The average Bonchev–Trinajstić information content (AvgIpc) is 2.31. The molecule has 0 aliphatic carbocycles. The van der Waals surface area contributed by atoms with Crippen LogP contribution in [0.1, 0.15) is 5.69 Å². The van der Waals surface area contributed by atoms with Gasteiger partial charge in [0, 0.05) is 6.07 Å². The van der Waals surface area contributed by atoms with Gasteiger partial charge in [-0.1, -0.05) is 18.2 Å². The van der Waals surface area contributed by atoms with Crippen molar-refractivity contribution in [2.75, 3.05) is 0 Å². The van der Waals surface area contributed by atoms with Crippen molar-refractivity contribution in [3.8, 4) is 17.6 Å². The van der Waals surface area contributed by atoms with Gasteiger partial charge in [-0.15, -0.1) is 0 Å². The number of ether oxygens (including phenoxy) is 1. The molecule has 4 heteroatoms. The average molecular weight is 214 g/mol. The van der Waals surface area contributed by atoms with Crippen LogP contribution in [0.25, 0.3) is 0 Å². The Kier molecular flexibility index (Phi) is 2.79. The molecule has 0 saturated carbocycles. The molecular weight excluding hydrogens is 207 g/mol. The summed E-state index contributed by atoms with van der Waals surface area (Å²) in [5, 5.41) is 8.77. The molecule has 0 spiro atoms. The van der Waals surface area contributed by atoms with E-state index in [1.54, 1.807) is 24.3 Å². The molecule has 0 radical (unpaired) electrons. The van der Waals surface area contributed by atoms with Gasteiger partial charge < -0.3 is 4.74 Å². The van der Waals surface area contributed by atoms with Crippen LogP contribution in [-0.4, -0.2) is 4.98 Å². The Hall–Kier alpha value is -2.41. The topological polar surface area (TPSA) is 45.9 Å². The minimum atomic E-state index is -0.537. The number of benzene rings is 1. The Morgan fingerprint density at radius 1 is 1.25 bits per heavy atom. The molecule has 2 rings (SSSR count). The number of para-hydroxylation sites is 1. The van der Waals surface area contributed by atoms with Crippen molar-refractivity contribution in [2.45, 2.75) is 0 Å². The van der Waals surface area contributed by atoms with Crippen LogP contribution in [0.5, 0.6) is 11.5 Å². The second-order valence-corrected chi connectivity index (χ2v) is 3.03. The third-order valence-corrected chi connectivity index (χ3v) is 1.90. The molecule has 1 heterocycles. The standard InChI is InChI=1S/C12H7FN2O/c13-9-6-12(11(7-14)15-8-9)16-10-4-2-1-3-5-10/h1-6,8H. The predicted octanol–water partition coefficient (Wildman–Crippen LogP) is 2.88. The molecule has 1 aromatic carbocycles. The Balaban J connectivity index is 2.35. The molecule has 0 saturated heterocycles. The molecule has 1 aromatic heterocycles. The predicted molar refractivity (Wildman–Crippen MR) is 55.4 cm³/mol. The van der Waals surface area contributed by atoms with Crippen LogP contribution < -0.4 is 4.74 Å². The lowest BCUT2D eigenvalue weighted by molar-refractivity contribution is 0.471. The van der Waals surface area contributed by atoms with Gasteiger partial charge >= 0.3 is 0 Å². The SMILES string of the molecule is N#Cc1ncc(F)cc1Oc1ccccc1. The third kappa shape index (κ3) is 2.15. The molecule has 0 aliphatic heterocycles. The van der Waals surface area contributed by atoms with Gasteiger partial charge in [-0.05, 0) is 12.1 Å². The van der Waals surface area contributed by atoms with Crippen LogP contribution >= 0.6 is 0 Å². The number of nitrogens with zero attached hydrogens (tertiary/aromatic N) is 2. The molecular formula is C12H7FN2O. The van der Waals surface area contributed by atoms with Gasteiger partial charge in [0.25, 0.3) is 0 Å². The van der Waals surface area contributed by atoms with E-state index in [4.69, 9.17) is 10.00 Å². The van der Waals surface area contributed by atoms with Crippen LogP contribution in [0.2, 0.25) is 0 Å². The van der Waals surface area contributed by atoms with Crippen molar-refractivity contribution < 1.29 is 9.13 Å². The lowest BCUT2D eigenvalue weighted by Crippen LogP contribution is -1.92. The fourth-order valence-electron chi connectivity index (χ4n) is 1.20. The Labute approximate surface area is 91.7 Å². The molecule has 78 valence electrons. The van der Waals surface area contributed by atoms with Crippen LogP contribution in [0.3, 0.4) is 0 Å². The number of nitriles is 1. The van der Waals surface area contributed by atoms with Crippen molar-refractivity contribution in [3.05, 3.63) is 54.1 Å². The van der Waals surface area contributed by atoms with Crippen molar-refractivity contribution in [3.63, 3.8) is 0 Å². The summed E-state index contributed by atoms with van der Waals surface area (Å²) in [6.45, 7) is 0. The summed E-state index contributed by atoms with van der Waals surface area (Å²) < 4.78 is 18.3. The summed E-state index contributed by atoms with van der Waals surface area (Å²) >= 11 is 0. The summed E-state index contributed by atoms with van der Waals surface area (Å²) in [6, 6.07) is 11.8. The monoisotopic (exact) mass is 214 g/mol. The minimum Gasteiger partial charge on any atom is -0.454 e. The first-order valence-corrected chi connectivity index (χ1v) is 4.58. The fraction of sp³-hybridized carbons (Fsp3) is 0. The van der Waals surface area contributed by atoms with E-state index >= 15 is 0 Å². The number of rotatable bonds is 2. The molecule has 0 amide bonds. The summed E-state index contributed by atoms with van der Waals surface area (Å²) in [7, 11) is 0. The van der Waals surface area contributed by atoms with E-state index in [0.29, 0.717) is 5.75 Å². The van der Waals surface area contributed by atoms with E-state index in [1.165, 1.54) is 0 Å². The van der Waals surface area contributed by atoms with Crippen LogP contribution in [0.15, 0.2) is 42.6 Å². The van der Waals surface area contributed by atoms with Gasteiger partial charge in [0.05, 0.1) is 6.20 Å². The molecule has 0 unspecified atom stereocenters. The maximum Gasteiger partial charge on any atom is 0.183 e. The summed E-state index contributed by atoms with van der Waals surface area (Å²) in [5.41, 5.74) is 0.0604. The lowest BCUT2D eigenvalue weighted by atomic mass is 10.3. The van der Waals surface area contributed by atoms with E-state index in [0.717, 1.165) is 12.3 Å². The zero-order valence-corrected chi connectivity index (χ0v) is 8.22. The van der Waals surface area contributed by atoms with Gasteiger partial charge in [-0.2, -0.15) is 5.26 Å². The zero-order chi connectivity index (χ0) is 11.4. The van der Waals surface area contributed by atoms with E-state index < -0.39 is 5.82 Å². The highest BCUT2D eigenvalue weighted by Crippen LogP contribution is 2.23. The maximum atomic E-state index is 12.9. The molecule has 3 nitrogen and oxygen atoms in total. The number of hydrogen-bond donors (Lipinski definition) is 0. The third-order valence-electron chi connectivity index (χ3n) is 1.90. The van der Waals surface area contributed by atoms with E-state index in [9.17, 15) is 4.39 Å². The Morgan fingerprint density at radius 3 is 2.69 bits per heavy atom. The first kappa shape index (κ1) is 10.1. The van der Waals surface area contributed by atoms with Crippen LogP contribution in [0.4, 0.5) is 4.39 Å². The van der Waals surface area contributed by atoms with Crippen molar-refractivity contribution in [2.24, 2.45) is 0 Å².